The number of pyridine rings is 1. The number of benzene rings is 1. The van der Waals surface area contributed by atoms with E-state index in [0.717, 1.165) is 29.8 Å². The quantitative estimate of drug-likeness (QED) is 0.750. The lowest BCUT2D eigenvalue weighted by molar-refractivity contribution is 0.0947. The van der Waals surface area contributed by atoms with Gasteiger partial charge in [-0.1, -0.05) is 17.7 Å². The highest BCUT2D eigenvalue weighted by Crippen LogP contribution is 2.17. The minimum atomic E-state index is -0.273. The summed E-state index contributed by atoms with van der Waals surface area (Å²) in [6, 6.07) is 8.94. The molecule has 1 aromatic carbocycles. The second kappa shape index (κ2) is 9.10. The number of carbonyl (C=O) groups excluding carboxylic acids is 2. The number of nitrogens with zero attached hydrogens (tertiary/aromatic N) is 2. The maximum atomic E-state index is 12.5. The van der Waals surface area contributed by atoms with Crippen molar-refractivity contribution < 1.29 is 9.59 Å². The normalized spacial score (nSPS) is 10.7. The summed E-state index contributed by atoms with van der Waals surface area (Å²) in [6.45, 7) is 5.41. The summed E-state index contributed by atoms with van der Waals surface area (Å²) < 4.78 is 0. The molecule has 6 nitrogen and oxygen atoms in total. The number of aromatic nitrogens is 1. The monoisotopic (exact) mass is 354 g/mol. The Kier molecular flexibility index (Phi) is 6.86. The first-order chi connectivity index (χ1) is 12.4. The molecule has 0 bridgehead atoms. The van der Waals surface area contributed by atoms with Crippen molar-refractivity contribution in [2.24, 2.45) is 0 Å². The third-order valence-corrected chi connectivity index (χ3v) is 3.95. The maximum Gasteiger partial charge on any atom is 0.269 e. The highest BCUT2D eigenvalue weighted by atomic mass is 16.2. The van der Waals surface area contributed by atoms with Crippen LogP contribution in [-0.2, 0) is 0 Å². The lowest BCUT2D eigenvalue weighted by atomic mass is 10.1. The average molecular weight is 354 g/mol. The summed E-state index contributed by atoms with van der Waals surface area (Å²) in [5, 5.41) is 5.71. The van der Waals surface area contributed by atoms with E-state index in [1.54, 1.807) is 6.07 Å². The Bertz CT molecular complexity index is 787. The number of nitrogens with one attached hydrogen (secondary N) is 2. The number of amides is 2. The molecule has 0 unspecified atom stereocenters. The fraction of sp³-hybridized carbons (Fsp3) is 0.350. The van der Waals surface area contributed by atoms with E-state index in [0.29, 0.717) is 12.1 Å². The van der Waals surface area contributed by atoms with Crippen LogP contribution in [0.1, 0.15) is 38.4 Å². The molecular weight excluding hydrogens is 328 g/mol. The molecule has 0 saturated heterocycles. The molecule has 2 amide bonds. The van der Waals surface area contributed by atoms with Gasteiger partial charge in [-0.3, -0.25) is 14.6 Å². The van der Waals surface area contributed by atoms with E-state index in [9.17, 15) is 9.59 Å². The number of anilines is 1. The van der Waals surface area contributed by atoms with Gasteiger partial charge in [0.1, 0.15) is 5.69 Å². The van der Waals surface area contributed by atoms with E-state index in [1.165, 1.54) is 12.3 Å². The molecule has 0 aliphatic rings. The molecule has 0 fully saturated rings. The van der Waals surface area contributed by atoms with Crippen LogP contribution in [0.5, 0.6) is 0 Å². The van der Waals surface area contributed by atoms with Gasteiger partial charge in [0.05, 0.1) is 0 Å². The Labute approximate surface area is 154 Å². The van der Waals surface area contributed by atoms with Gasteiger partial charge in [-0.15, -0.1) is 0 Å². The molecule has 0 spiro atoms. The van der Waals surface area contributed by atoms with Crippen molar-refractivity contribution in [2.45, 2.75) is 20.3 Å². The van der Waals surface area contributed by atoms with Crippen molar-refractivity contribution in [1.82, 2.24) is 15.2 Å². The van der Waals surface area contributed by atoms with E-state index in [4.69, 9.17) is 0 Å². The van der Waals surface area contributed by atoms with Gasteiger partial charge in [0.15, 0.2) is 0 Å². The van der Waals surface area contributed by atoms with Crippen molar-refractivity contribution in [3.63, 3.8) is 0 Å². The first-order valence-corrected chi connectivity index (χ1v) is 8.64. The average Bonchev–Trinajstić information content (AvgIpc) is 2.60. The molecule has 2 N–H and O–H groups in total. The van der Waals surface area contributed by atoms with E-state index < -0.39 is 0 Å². The minimum absolute atomic E-state index is 0.239. The van der Waals surface area contributed by atoms with Crippen molar-refractivity contribution in [1.29, 1.82) is 0 Å². The number of carbonyl (C=O) groups is 2. The van der Waals surface area contributed by atoms with E-state index in [2.05, 4.69) is 20.5 Å². The first-order valence-electron chi connectivity index (χ1n) is 8.64. The van der Waals surface area contributed by atoms with Crippen LogP contribution in [0.25, 0.3) is 0 Å². The largest absolute Gasteiger partial charge is 0.351 e. The maximum absolute atomic E-state index is 12.5. The predicted octanol–water partition coefficient (Wildman–Crippen LogP) is 2.63. The number of rotatable bonds is 7. The molecular formula is C20H26N4O2. The van der Waals surface area contributed by atoms with E-state index in [-0.39, 0.29) is 17.5 Å². The molecule has 2 aromatic rings. The first kappa shape index (κ1) is 19.6. The fourth-order valence-electron chi connectivity index (χ4n) is 2.53. The Balaban J connectivity index is 2.01. The summed E-state index contributed by atoms with van der Waals surface area (Å²) in [5.74, 6) is -0.536. The molecule has 6 heteroatoms. The van der Waals surface area contributed by atoms with Crippen molar-refractivity contribution in [3.05, 3.63) is 58.9 Å². The van der Waals surface area contributed by atoms with Gasteiger partial charge in [0.2, 0.25) is 0 Å². The van der Waals surface area contributed by atoms with Crippen molar-refractivity contribution in [2.75, 3.05) is 32.5 Å². The second-order valence-corrected chi connectivity index (χ2v) is 6.61. The molecule has 26 heavy (non-hydrogen) atoms. The highest BCUT2D eigenvalue weighted by molar-refractivity contribution is 6.06. The molecule has 0 atom stereocenters. The summed E-state index contributed by atoms with van der Waals surface area (Å²) in [6.07, 6.45) is 2.33. The molecule has 0 aliphatic heterocycles. The molecule has 1 aromatic heterocycles. The van der Waals surface area contributed by atoms with Crippen LogP contribution >= 0.6 is 0 Å². The zero-order valence-electron chi connectivity index (χ0n) is 15.8. The van der Waals surface area contributed by atoms with Crippen LogP contribution in [0.2, 0.25) is 0 Å². The SMILES string of the molecule is Cc1ccc(NC(=O)c2ccnc(C(=O)NCCCN(C)C)c2)c(C)c1. The highest BCUT2D eigenvalue weighted by Gasteiger charge is 2.12. The van der Waals surface area contributed by atoms with Gasteiger partial charge in [-0.2, -0.15) is 0 Å². The number of aryl methyl sites for hydroxylation is 2. The topological polar surface area (TPSA) is 74.3 Å². The van der Waals surface area contributed by atoms with Gasteiger partial charge >= 0.3 is 0 Å². The zero-order valence-corrected chi connectivity index (χ0v) is 15.8. The van der Waals surface area contributed by atoms with E-state index >= 15 is 0 Å². The summed E-state index contributed by atoms with van der Waals surface area (Å²) >= 11 is 0. The lowest BCUT2D eigenvalue weighted by Crippen LogP contribution is -2.28. The van der Waals surface area contributed by atoms with Crippen LogP contribution in [0.4, 0.5) is 5.69 Å². The van der Waals surface area contributed by atoms with Crippen molar-refractivity contribution in [3.8, 4) is 0 Å². The predicted molar refractivity (Wildman–Crippen MR) is 104 cm³/mol. The Hall–Kier alpha value is -2.73. The molecule has 0 radical (unpaired) electrons. The Morgan fingerprint density at radius 3 is 2.54 bits per heavy atom. The van der Waals surface area contributed by atoms with Crippen molar-refractivity contribution >= 4 is 17.5 Å². The van der Waals surface area contributed by atoms with Gasteiger partial charge in [0.25, 0.3) is 11.8 Å². The van der Waals surface area contributed by atoms with Gasteiger partial charge < -0.3 is 15.5 Å². The van der Waals surface area contributed by atoms with Gasteiger partial charge in [-0.05, 0) is 64.7 Å². The second-order valence-electron chi connectivity index (χ2n) is 6.61. The molecule has 2 rings (SSSR count). The van der Waals surface area contributed by atoms with Crippen LogP contribution in [0.15, 0.2) is 36.5 Å². The zero-order chi connectivity index (χ0) is 19.1. The molecule has 138 valence electrons. The lowest BCUT2D eigenvalue weighted by Gasteiger charge is -2.11. The smallest absolute Gasteiger partial charge is 0.269 e. The number of hydrogen-bond donors (Lipinski definition) is 2. The van der Waals surface area contributed by atoms with Crippen LogP contribution in [-0.4, -0.2) is 48.9 Å². The third-order valence-electron chi connectivity index (χ3n) is 3.95. The summed E-state index contributed by atoms with van der Waals surface area (Å²) in [7, 11) is 3.97. The summed E-state index contributed by atoms with van der Waals surface area (Å²) in [5.41, 5.74) is 3.53. The minimum Gasteiger partial charge on any atom is -0.351 e. The fourth-order valence-corrected chi connectivity index (χ4v) is 2.53. The molecule has 0 saturated carbocycles. The van der Waals surface area contributed by atoms with Crippen LogP contribution < -0.4 is 10.6 Å². The van der Waals surface area contributed by atoms with Crippen LogP contribution in [0.3, 0.4) is 0 Å². The standard InChI is InChI=1S/C20H26N4O2/c1-14-6-7-17(15(2)12-14)23-19(25)16-8-10-21-18(13-16)20(26)22-9-5-11-24(3)4/h6-8,10,12-13H,5,9,11H2,1-4H3,(H,22,26)(H,23,25). The molecule has 1 heterocycles. The third kappa shape index (κ3) is 5.67. The Morgan fingerprint density at radius 1 is 1.08 bits per heavy atom. The van der Waals surface area contributed by atoms with Gasteiger partial charge in [-0.25, -0.2) is 0 Å². The summed E-state index contributed by atoms with van der Waals surface area (Å²) in [4.78, 5) is 30.8. The van der Waals surface area contributed by atoms with E-state index in [1.807, 2.05) is 46.1 Å². The number of hydrogen-bond acceptors (Lipinski definition) is 4. The Morgan fingerprint density at radius 2 is 1.85 bits per heavy atom. The van der Waals surface area contributed by atoms with Gasteiger partial charge in [0, 0.05) is 24.0 Å². The van der Waals surface area contributed by atoms with Crippen LogP contribution in [0, 0.1) is 13.8 Å². The molecule has 0 aliphatic carbocycles.